The summed E-state index contributed by atoms with van der Waals surface area (Å²) in [6.45, 7) is 18.8. The molecule has 0 aliphatic rings. The van der Waals surface area contributed by atoms with Crippen molar-refractivity contribution in [3.05, 3.63) is 72.8 Å². The van der Waals surface area contributed by atoms with Crippen molar-refractivity contribution in [1.29, 1.82) is 0 Å². The molecule has 0 unspecified atom stereocenters. The van der Waals surface area contributed by atoms with E-state index in [1.54, 1.807) is 0 Å². The van der Waals surface area contributed by atoms with Crippen LogP contribution in [0.1, 0.15) is 62.3 Å². The van der Waals surface area contributed by atoms with Gasteiger partial charge in [0.25, 0.3) is 0 Å². The van der Waals surface area contributed by atoms with Crippen molar-refractivity contribution in [3.63, 3.8) is 0 Å². The molecular formula is C30H39AsO3. The van der Waals surface area contributed by atoms with Gasteiger partial charge in [0.05, 0.1) is 0 Å². The Labute approximate surface area is 210 Å². The summed E-state index contributed by atoms with van der Waals surface area (Å²) in [6, 6.07) is 25.3. The second-order valence-corrected chi connectivity index (χ2v) is 15.8. The fourth-order valence-electron chi connectivity index (χ4n) is 3.56. The zero-order valence-electron chi connectivity index (χ0n) is 22.1. The van der Waals surface area contributed by atoms with E-state index in [9.17, 15) is 0 Å². The first-order valence-electron chi connectivity index (χ1n) is 11.9. The molecule has 0 radical (unpaired) electrons. The van der Waals surface area contributed by atoms with E-state index in [0.29, 0.717) is 0 Å². The van der Waals surface area contributed by atoms with Gasteiger partial charge in [0.15, 0.2) is 0 Å². The van der Waals surface area contributed by atoms with Crippen LogP contribution in [0.15, 0.2) is 72.8 Å². The SMILES string of the molecule is CC(C)(C)Oc1ccccc1[As](c1ccccc1OC(C)(C)C)c1ccccc1OC(C)(C)C. The predicted molar refractivity (Wildman–Crippen MR) is 145 cm³/mol. The van der Waals surface area contributed by atoms with Gasteiger partial charge < -0.3 is 0 Å². The van der Waals surface area contributed by atoms with Crippen LogP contribution in [-0.4, -0.2) is 31.5 Å². The summed E-state index contributed by atoms with van der Waals surface area (Å²) in [6.07, 6.45) is 0. The summed E-state index contributed by atoms with van der Waals surface area (Å²) in [5.74, 6) is 2.77. The summed E-state index contributed by atoms with van der Waals surface area (Å²) in [5, 5.41) is 0. The first-order valence-corrected chi connectivity index (χ1v) is 14.7. The molecule has 0 aliphatic heterocycles. The van der Waals surface area contributed by atoms with Crippen LogP contribution in [0.5, 0.6) is 17.2 Å². The minimum absolute atomic E-state index is 0.307. The van der Waals surface area contributed by atoms with Crippen LogP contribution in [-0.2, 0) is 0 Å². The van der Waals surface area contributed by atoms with Crippen LogP contribution in [0.2, 0.25) is 0 Å². The van der Waals surface area contributed by atoms with Crippen LogP contribution in [0.3, 0.4) is 0 Å². The van der Waals surface area contributed by atoms with E-state index in [1.165, 1.54) is 13.1 Å². The maximum absolute atomic E-state index is 6.49. The molecule has 182 valence electrons. The third-order valence-electron chi connectivity index (χ3n) is 4.57. The molecule has 34 heavy (non-hydrogen) atoms. The Morgan fingerprint density at radius 2 is 0.647 bits per heavy atom. The Morgan fingerprint density at radius 1 is 0.412 bits per heavy atom. The van der Waals surface area contributed by atoms with Gasteiger partial charge in [-0.3, -0.25) is 0 Å². The van der Waals surface area contributed by atoms with E-state index in [4.69, 9.17) is 14.2 Å². The quantitative estimate of drug-likeness (QED) is 0.387. The number of para-hydroxylation sites is 3. The Kier molecular flexibility index (Phi) is 7.78. The molecule has 0 saturated heterocycles. The molecule has 3 aromatic carbocycles. The van der Waals surface area contributed by atoms with E-state index in [-0.39, 0.29) is 16.8 Å². The Morgan fingerprint density at radius 3 is 0.882 bits per heavy atom. The van der Waals surface area contributed by atoms with Crippen molar-refractivity contribution in [3.8, 4) is 17.2 Å². The van der Waals surface area contributed by atoms with E-state index >= 15 is 0 Å². The van der Waals surface area contributed by atoms with Crippen LogP contribution in [0.4, 0.5) is 0 Å². The maximum atomic E-state index is 6.49. The zero-order valence-corrected chi connectivity index (χ0v) is 24.0. The monoisotopic (exact) mass is 522 g/mol. The molecule has 0 spiro atoms. The van der Waals surface area contributed by atoms with Gasteiger partial charge in [-0.25, -0.2) is 0 Å². The van der Waals surface area contributed by atoms with Crippen LogP contribution in [0.25, 0.3) is 0 Å². The van der Waals surface area contributed by atoms with Crippen molar-refractivity contribution in [1.82, 2.24) is 0 Å². The van der Waals surface area contributed by atoms with Gasteiger partial charge in [-0.15, -0.1) is 0 Å². The van der Waals surface area contributed by atoms with Crippen molar-refractivity contribution < 1.29 is 14.2 Å². The van der Waals surface area contributed by atoms with Gasteiger partial charge in [0, 0.05) is 0 Å². The van der Waals surface area contributed by atoms with Gasteiger partial charge in [0.2, 0.25) is 0 Å². The average molecular weight is 523 g/mol. The van der Waals surface area contributed by atoms with Gasteiger partial charge in [-0.1, -0.05) is 0 Å². The second kappa shape index (κ2) is 10.1. The molecule has 0 atom stereocenters. The molecule has 4 heteroatoms. The summed E-state index contributed by atoms with van der Waals surface area (Å²) in [4.78, 5) is 0. The van der Waals surface area contributed by atoms with Crippen molar-refractivity contribution >= 4 is 27.7 Å². The number of hydrogen-bond donors (Lipinski definition) is 0. The number of hydrogen-bond acceptors (Lipinski definition) is 3. The third kappa shape index (κ3) is 7.31. The second-order valence-electron chi connectivity index (χ2n) is 11.4. The summed E-state index contributed by atoms with van der Waals surface area (Å²) < 4.78 is 23.1. The molecule has 0 aromatic heterocycles. The average Bonchev–Trinajstić information content (AvgIpc) is 2.68. The number of benzene rings is 3. The minimum atomic E-state index is -2.17. The zero-order chi connectivity index (χ0) is 25.1. The molecular weight excluding hydrogens is 483 g/mol. The normalized spacial score (nSPS) is 12.5. The van der Waals surface area contributed by atoms with Gasteiger partial charge in [-0.2, -0.15) is 0 Å². The van der Waals surface area contributed by atoms with E-state index in [0.717, 1.165) is 17.2 Å². The van der Waals surface area contributed by atoms with Gasteiger partial charge >= 0.3 is 211 Å². The summed E-state index contributed by atoms with van der Waals surface area (Å²) >= 11 is -2.17. The molecule has 3 rings (SSSR count). The molecule has 3 nitrogen and oxygen atoms in total. The summed E-state index contributed by atoms with van der Waals surface area (Å²) in [7, 11) is 0. The Bertz CT molecular complexity index is 959. The number of rotatable bonds is 6. The fourth-order valence-corrected chi connectivity index (χ4v) is 8.82. The molecule has 0 heterocycles. The predicted octanol–water partition coefficient (Wildman–Crippen LogP) is 5.73. The Balaban J connectivity index is 2.30. The third-order valence-corrected chi connectivity index (χ3v) is 9.92. The van der Waals surface area contributed by atoms with Crippen LogP contribution in [0, 0.1) is 0 Å². The molecule has 0 saturated carbocycles. The molecule has 3 aromatic rings. The molecule has 0 aliphatic carbocycles. The molecule has 0 bridgehead atoms. The summed E-state index contributed by atoms with van der Waals surface area (Å²) in [5.41, 5.74) is -0.920. The van der Waals surface area contributed by atoms with Crippen molar-refractivity contribution in [2.75, 3.05) is 0 Å². The topological polar surface area (TPSA) is 27.7 Å². The van der Waals surface area contributed by atoms with Crippen LogP contribution < -0.4 is 27.3 Å². The van der Waals surface area contributed by atoms with E-state index < -0.39 is 14.7 Å². The van der Waals surface area contributed by atoms with Gasteiger partial charge in [-0.05, 0) is 0 Å². The van der Waals surface area contributed by atoms with Crippen molar-refractivity contribution in [2.45, 2.75) is 79.1 Å². The van der Waals surface area contributed by atoms with Gasteiger partial charge in [0.1, 0.15) is 0 Å². The van der Waals surface area contributed by atoms with E-state index in [1.807, 2.05) is 18.2 Å². The fraction of sp³-hybridized carbons (Fsp3) is 0.400. The first-order chi connectivity index (χ1) is 15.7. The molecule has 0 fully saturated rings. The van der Waals surface area contributed by atoms with Crippen LogP contribution >= 0.6 is 0 Å². The standard InChI is InChI=1S/C30H39AsO3/c1-28(2,3)32-25-19-13-10-16-22(25)31(23-17-11-14-20-26(23)33-29(4,5)6)24-18-12-15-21-27(24)34-30(7,8)9/h10-21H,1-9H3. The molecule has 0 amide bonds. The Hall–Kier alpha value is -2.38. The molecule has 0 N–H and O–H groups in total. The number of ether oxygens (including phenoxy) is 3. The van der Waals surface area contributed by atoms with Crippen molar-refractivity contribution in [2.24, 2.45) is 0 Å². The van der Waals surface area contributed by atoms with E-state index in [2.05, 4.69) is 117 Å². The first kappa shape index (κ1) is 26.2.